The molecule has 29 heavy (non-hydrogen) atoms. The summed E-state index contributed by atoms with van der Waals surface area (Å²) in [6.07, 6.45) is 0. The molecule has 7 nitrogen and oxygen atoms in total. The van der Waals surface area contributed by atoms with Crippen molar-refractivity contribution < 1.29 is 9.53 Å². The zero-order chi connectivity index (χ0) is 20.2. The van der Waals surface area contributed by atoms with Crippen LogP contribution in [0.25, 0.3) is 10.7 Å². The summed E-state index contributed by atoms with van der Waals surface area (Å²) in [7, 11) is 1.81. The SMILES string of the molecule is CN(Cc1ccc(N2CCOCC2)cc1)C(=O)Cn1c(-c2cccs2)n[nH]c1=S. The first-order valence-electron chi connectivity index (χ1n) is 9.46. The van der Waals surface area contributed by atoms with Crippen LogP contribution in [0.2, 0.25) is 0 Å². The van der Waals surface area contributed by atoms with Crippen LogP contribution in [0.4, 0.5) is 5.69 Å². The van der Waals surface area contributed by atoms with E-state index in [0.717, 1.165) is 36.7 Å². The highest BCUT2D eigenvalue weighted by Crippen LogP contribution is 2.23. The summed E-state index contributed by atoms with van der Waals surface area (Å²) in [6, 6.07) is 12.3. The number of benzene rings is 1. The Hall–Kier alpha value is -2.49. The van der Waals surface area contributed by atoms with Gasteiger partial charge in [0.15, 0.2) is 10.6 Å². The first kappa shape index (κ1) is 19.8. The van der Waals surface area contributed by atoms with Gasteiger partial charge in [0.1, 0.15) is 6.54 Å². The van der Waals surface area contributed by atoms with Crippen LogP contribution in [0.1, 0.15) is 5.56 Å². The number of H-pyrrole nitrogens is 1. The van der Waals surface area contributed by atoms with Gasteiger partial charge in [0, 0.05) is 32.4 Å². The molecule has 1 aliphatic rings. The van der Waals surface area contributed by atoms with E-state index in [4.69, 9.17) is 17.0 Å². The van der Waals surface area contributed by atoms with E-state index in [1.165, 1.54) is 5.69 Å². The van der Waals surface area contributed by atoms with Gasteiger partial charge in [-0.1, -0.05) is 18.2 Å². The fourth-order valence-corrected chi connectivity index (χ4v) is 4.23. The normalized spacial score (nSPS) is 14.2. The molecular weight excluding hydrogens is 406 g/mol. The molecule has 0 aliphatic carbocycles. The van der Waals surface area contributed by atoms with Gasteiger partial charge in [-0.25, -0.2) is 0 Å². The summed E-state index contributed by atoms with van der Waals surface area (Å²) in [5, 5.41) is 9.05. The van der Waals surface area contributed by atoms with Crippen molar-refractivity contribution in [3.8, 4) is 10.7 Å². The van der Waals surface area contributed by atoms with Crippen LogP contribution in [-0.4, -0.2) is 58.9 Å². The van der Waals surface area contributed by atoms with E-state index >= 15 is 0 Å². The van der Waals surface area contributed by atoms with Crippen molar-refractivity contribution >= 4 is 35.1 Å². The Kier molecular flexibility index (Phi) is 6.08. The molecule has 3 heterocycles. The van der Waals surface area contributed by atoms with Crippen LogP contribution >= 0.6 is 23.6 Å². The molecule has 9 heteroatoms. The molecule has 4 rings (SSSR count). The lowest BCUT2D eigenvalue weighted by molar-refractivity contribution is -0.131. The summed E-state index contributed by atoms with van der Waals surface area (Å²) < 4.78 is 7.61. The van der Waals surface area contributed by atoms with Crippen molar-refractivity contribution in [1.82, 2.24) is 19.7 Å². The third kappa shape index (κ3) is 4.58. The Balaban J connectivity index is 1.40. The second-order valence-corrected chi connectivity index (χ2v) is 8.27. The summed E-state index contributed by atoms with van der Waals surface area (Å²) >= 11 is 6.89. The molecule has 0 bridgehead atoms. The largest absolute Gasteiger partial charge is 0.378 e. The molecule has 0 spiro atoms. The second kappa shape index (κ2) is 8.89. The molecule has 0 saturated carbocycles. The molecule has 1 aliphatic heterocycles. The average molecular weight is 430 g/mol. The Morgan fingerprint density at radius 1 is 1.28 bits per heavy atom. The lowest BCUT2D eigenvalue weighted by Crippen LogP contribution is -2.36. The van der Waals surface area contributed by atoms with Crippen molar-refractivity contribution in [2.75, 3.05) is 38.3 Å². The summed E-state index contributed by atoms with van der Waals surface area (Å²) in [4.78, 5) is 17.8. The van der Waals surface area contributed by atoms with E-state index in [1.807, 2.05) is 24.6 Å². The van der Waals surface area contributed by atoms with Crippen LogP contribution in [0, 0.1) is 4.77 Å². The number of hydrogen-bond donors (Lipinski definition) is 1. The van der Waals surface area contributed by atoms with E-state index in [0.29, 0.717) is 17.1 Å². The van der Waals surface area contributed by atoms with Gasteiger partial charge in [0.25, 0.3) is 0 Å². The van der Waals surface area contributed by atoms with Crippen LogP contribution in [0.5, 0.6) is 0 Å². The van der Waals surface area contributed by atoms with E-state index in [2.05, 4.69) is 39.4 Å². The van der Waals surface area contributed by atoms with Crippen LogP contribution in [0.3, 0.4) is 0 Å². The predicted molar refractivity (Wildman–Crippen MR) is 117 cm³/mol. The van der Waals surface area contributed by atoms with Gasteiger partial charge in [0.2, 0.25) is 5.91 Å². The number of carbonyl (C=O) groups is 1. The van der Waals surface area contributed by atoms with Crippen molar-refractivity contribution in [2.24, 2.45) is 0 Å². The predicted octanol–water partition coefficient (Wildman–Crippen LogP) is 3.16. The van der Waals surface area contributed by atoms with E-state index in [9.17, 15) is 4.79 Å². The summed E-state index contributed by atoms with van der Waals surface area (Å²) in [5.74, 6) is 0.680. The molecule has 2 aromatic heterocycles. The highest BCUT2D eigenvalue weighted by atomic mass is 32.1. The van der Waals surface area contributed by atoms with Gasteiger partial charge in [-0.15, -0.1) is 11.3 Å². The van der Waals surface area contributed by atoms with Crippen LogP contribution in [0.15, 0.2) is 41.8 Å². The fourth-order valence-electron chi connectivity index (χ4n) is 3.31. The summed E-state index contributed by atoms with van der Waals surface area (Å²) in [5.41, 5.74) is 2.28. The van der Waals surface area contributed by atoms with Gasteiger partial charge < -0.3 is 14.5 Å². The number of rotatable bonds is 6. The van der Waals surface area contributed by atoms with Gasteiger partial charge in [0.05, 0.1) is 18.1 Å². The van der Waals surface area contributed by atoms with E-state index < -0.39 is 0 Å². The first-order chi connectivity index (χ1) is 14.1. The number of nitrogens with one attached hydrogen (secondary N) is 1. The number of nitrogens with zero attached hydrogens (tertiary/aromatic N) is 4. The Bertz CT molecular complexity index is 1000. The van der Waals surface area contributed by atoms with Gasteiger partial charge in [-0.3, -0.25) is 14.5 Å². The first-order valence-corrected chi connectivity index (χ1v) is 10.8. The maximum absolute atomic E-state index is 12.8. The Morgan fingerprint density at radius 2 is 2.03 bits per heavy atom. The van der Waals surface area contributed by atoms with E-state index in [1.54, 1.807) is 20.8 Å². The molecule has 1 amide bonds. The fraction of sp³-hybridized carbons (Fsp3) is 0.350. The number of likely N-dealkylation sites (N-methyl/N-ethyl adjacent to an activating group) is 1. The lowest BCUT2D eigenvalue weighted by atomic mass is 10.1. The molecule has 3 aromatic rings. The van der Waals surface area contributed by atoms with Crippen molar-refractivity contribution in [1.29, 1.82) is 0 Å². The molecule has 1 N–H and O–H groups in total. The number of anilines is 1. The monoisotopic (exact) mass is 429 g/mol. The quantitative estimate of drug-likeness (QED) is 0.610. The zero-order valence-electron chi connectivity index (χ0n) is 16.2. The zero-order valence-corrected chi connectivity index (χ0v) is 17.8. The summed E-state index contributed by atoms with van der Waals surface area (Å²) in [6.45, 7) is 4.06. The van der Waals surface area contributed by atoms with Crippen LogP contribution in [-0.2, 0) is 22.6 Å². The Morgan fingerprint density at radius 3 is 2.72 bits per heavy atom. The minimum atomic E-state index is -0.0161. The highest BCUT2D eigenvalue weighted by molar-refractivity contribution is 7.71. The molecular formula is C20H23N5O2S2. The van der Waals surface area contributed by atoms with Crippen molar-refractivity contribution in [3.05, 3.63) is 52.1 Å². The smallest absolute Gasteiger partial charge is 0.242 e. The van der Waals surface area contributed by atoms with E-state index in [-0.39, 0.29) is 12.5 Å². The number of aromatic amines is 1. The number of amides is 1. The molecule has 1 fully saturated rings. The number of morpholine rings is 1. The average Bonchev–Trinajstić information content (AvgIpc) is 3.39. The van der Waals surface area contributed by atoms with Gasteiger partial charge in [-0.2, -0.15) is 5.10 Å². The Labute approximate surface area is 178 Å². The van der Waals surface area contributed by atoms with Crippen molar-refractivity contribution in [2.45, 2.75) is 13.1 Å². The number of thiophene rings is 1. The highest BCUT2D eigenvalue weighted by Gasteiger charge is 2.16. The molecule has 152 valence electrons. The number of aromatic nitrogens is 3. The van der Waals surface area contributed by atoms with Gasteiger partial charge >= 0.3 is 0 Å². The topological polar surface area (TPSA) is 66.4 Å². The molecule has 1 saturated heterocycles. The molecule has 0 atom stereocenters. The number of hydrogen-bond acceptors (Lipinski definition) is 6. The second-order valence-electron chi connectivity index (χ2n) is 6.93. The third-order valence-electron chi connectivity index (χ3n) is 4.95. The molecule has 1 aromatic carbocycles. The minimum Gasteiger partial charge on any atom is -0.378 e. The molecule has 0 radical (unpaired) electrons. The number of carbonyl (C=O) groups excluding carboxylic acids is 1. The van der Waals surface area contributed by atoms with Gasteiger partial charge in [-0.05, 0) is 41.4 Å². The van der Waals surface area contributed by atoms with Crippen molar-refractivity contribution in [3.63, 3.8) is 0 Å². The standard InChI is InChI=1S/C20H23N5O2S2/c1-23(13-15-4-6-16(7-5-15)24-8-10-27-11-9-24)18(26)14-25-19(21-22-20(25)28)17-3-2-12-29-17/h2-7,12H,8-11,13-14H2,1H3,(H,22,28). The third-order valence-corrected chi connectivity index (χ3v) is 6.13. The minimum absolute atomic E-state index is 0.0161. The lowest BCUT2D eigenvalue weighted by Gasteiger charge is -2.29. The molecule has 0 unspecified atom stereocenters. The van der Waals surface area contributed by atoms with Crippen LogP contribution < -0.4 is 4.90 Å². The maximum atomic E-state index is 12.8. The maximum Gasteiger partial charge on any atom is 0.242 e. The number of ether oxygens (including phenoxy) is 1.